The lowest BCUT2D eigenvalue weighted by atomic mass is 9.95. The average molecular weight is 1580 g/mol. The first-order chi connectivity index (χ1) is 52.5. The molecular weight excluding hydrogens is 1470 g/mol. The van der Waals surface area contributed by atoms with Gasteiger partial charge in [-0.1, -0.05) is 41.4 Å². The topological polar surface area (TPSA) is 240 Å². The first kappa shape index (κ1) is 81.6. The zero-order valence-corrected chi connectivity index (χ0v) is 67.4. The Bertz CT molecular complexity index is 4100. The van der Waals surface area contributed by atoms with Crippen molar-refractivity contribution in [3.05, 3.63) is 105 Å². The van der Waals surface area contributed by atoms with E-state index in [0.29, 0.717) is 106 Å². The van der Waals surface area contributed by atoms with Crippen molar-refractivity contribution in [1.82, 2.24) is 34.3 Å². The predicted molar refractivity (Wildman–Crippen MR) is 421 cm³/mol. The molecule has 4 aromatic carbocycles. The number of amides is 3. The van der Waals surface area contributed by atoms with Crippen molar-refractivity contribution in [2.75, 3.05) is 170 Å². The zero-order chi connectivity index (χ0) is 77.3. The average Bonchev–Trinajstić information content (AvgIpc) is 1.24. The molecule has 0 saturated carbocycles. The first-order valence-corrected chi connectivity index (χ1v) is 44.1. The van der Waals surface area contributed by atoms with E-state index in [4.69, 9.17) is 42.1 Å². The highest BCUT2D eigenvalue weighted by Gasteiger charge is 2.49. The lowest BCUT2D eigenvalue weighted by molar-refractivity contribution is 0.0321. The lowest BCUT2D eigenvalue weighted by Crippen LogP contribution is -2.56. The van der Waals surface area contributed by atoms with Crippen LogP contribution in [0.2, 0.25) is 10.0 Å². The molecule has 11 aliphatic heterocycles. The van der Waals surface area contributed by atoms with Gasteiger partial charge < -0.3 is 53.2 Å². The largest absolute Gasteiger partial charge is 0.450 e. The van der Waals surface area contributed by atoms with E-state index in [0.717, 1.165) is 217 Å². The Morgan fingerprint density at radius 3 is 1.23 bits per heavy atom. The van der Waals surface area contributed by atoms with Crippen molar-refractivity contribution < 1.29 is 54.6 Å². The summed E-state index contributed by atoms with van der Waals surface area (Å²) in [5.74, 6) is -0.326. The molecule has 0 spiro atoms. The summed E-state index contributed by atoms with van der Waals surface area (Å²) in [6.45, 7) is 24.4. The summed E-state index contributed by atoms with van der Waals surface area (Å²) < 4.78 is 83.9. The first-order valence-electron chi connectivity index (χ1n) is 39.5. The van der Waals surface area contributed by atoms with Gasteiger partial charge >= 0.3 is 18.3 Å². The summed E-state index contributed by atoms with van der Waals surface area (Å²) in [5.41, 5.74) is 4.90. The molecular formula is C80H110Cl2FN13O11S2. The maximum absolute atomic E-state index is 14.3. The Morgan fingerprint density at radius 2 is 0.826 bits per heavy atom. The number of halogens is 3. The fourth-order valence-electron chi connectivity index (χ4n) is 19.3. The van der Waals surface area contributed by atoms with Gasteiger partial charge in [0.1, 0.15) is 18.0 Å². The number of piperidine rings is 3. The molecule has 0 radical (unpaired) electrons. The summed E-state index contributed by atoms with van der Waals surface area (Å²) in [6.07, 6.45) is 16.7. The van der Waals surface area contributed by atoms with Crippen LogP contribution in [0.1, 0.15) is 127 Å². The van der Waals surface area contributed by atoms with Crippen molar-refractivity contribution in [3.8, 4) is 12.1 Å². The number of benzene rings is 4. The van der Waals surface area contributed by atoms with Crippen molar-refractivity contribution in [3.63, 3.8) is 0 Å². The van der Waals surface area contributed by atoms with E-state index in [-0.39, 0.29) is 48.3 Å². The molecule has 6 atom stereocenters. The molecule has 4 aromatic rings. The molecule has 3 amide bonds. The molecule has 109 heavy (non-hydrogen) atoms. The standard InChI is InChI=1S/C21H30ClN3O4S.C21H27FN4O2.C21H28N4O2.C17H25ClN2O3S/c1-3-29-21(26)25-16-5-6-17(25)14-18(13-16)23-8-10-24(11-9-23)19-7-4-15(22)12-20(19)30(2,27)28;1-2-28-21(27)26-16-6-7-17(26)13-18(12-16)24-8-10-25(11-9-24)20-15(14-23)4-3-5-19(20)22;1-2-27-21(26)25-17-7-8-18(25)14-19(13-17)23-9-11-24(12-10-23)20-6-4-3-5-16(20)15-22;1-13-11-15(18)16(12-17(13)24(2,21)22)20-7-5-19(6-8-20)14-3-9-23-10-4-14/h4,7,12,16-18H,3,5-6,8-11,13-14H2,1-2H3;3-5,16-18H,2,6-13H2,1H3;3-6,17-19H,2,7-14H2,1H3;11-12,14H,3-10H2,1-2H3. The summed E-state index contributed by atoms with van der Waals surface area (Å²) in [6, 6.07) is 29.4. The van der Waals surface area contributed by atoms with Gasteiger partial charge in [-0.15, -0.1) is 0 Å². The van der Waals surface area contributed by atoms with Crippen LogP contribution >= 0.6 is 23.2 Å². The Kier molecular flexibility index (Phi) is 27.5. The number of rotatable bonds is 13. The molecule has 0 aliphatic carbocycles. The normalized spacial score (nSPS) is 26.2. The van der Waals surface area contributed by atoms with Gasteiger partial charge in [-0.2, -0.15) is 10.5 Å². The van der Waals surface area contributed by atoms with E-state index >= 15 is 0 Å². The second-order valence-electron chi connectivity index (χ2n) is 30.9. The molecule has 0 aromatic heterocycles. The SMILES string of the molecule is CCOC(=O)N1C2CCC1CC(N1CCN(c3c(F)cccc3C#N)CC1)C2.CCOC(=O)N1C2CCC1CC(N1CCN(c3ccc(Cl)cc3S(C)(=O)=O)CC1)C2.CCOC(=O)N1C2CCC1CC(N1CCN(c3ccccc3C#N)CC1)C2.Cc1cc(Cl)c(N2CCN(C3CCOCC3)CC2)cc1S(C)(=O)=O. The molecule has 0 N–H and O–H groups in total. The second kappa shape index (κ2) is 36.7. The van der Waals surface area contributed by atoms with E-state index in [2.05, 4.69) is 46.4 Å². The van der Waals surface area contributed by atoms with Crippen LogP contribution in [0.5, 0.6) is 0 Å². The number of nitriles is 2. The van der Waals surface area contributed by atoms with Crippen LogP contribution in [0, 0.1) is 35.4 Å². The highest BCUT2D eigenvalue weighted by Crippen LogP contribution is 2.43. The van der Waals surface area contributed by atoms with Gasteiger partial charge in [-0.05, 0) is 178 Å². The monoisotopic (exact) mass is 1580 g/mol. The van der Waals surface area contributed by atoms with E-state index in [1.54, 1.807) is 43.3 Å². The van der Waals surface area contributed by atoms with Crippen molar-refractivity contribution in [1.29, 1.82) is 10.5 Å². The number of piperazine rings is 4. The number of para-hydroxylation sites is 2. The number of carbonyl (C=O) groups excluding carboxylic acids is 3. The van der Waals surface area contributed by atoms with Crippen LogP contribution in [0.3, 0.4) is 0 Å². The maximum Gasteiger partial charge on any atom is 0.410 e. The molecule has 6 bridgehead atoms. The summed E-state index contributed by atoms with van der Waals surface area (Å²) in [4.78, 5) is 62.2. The van der Waals surface area contributed by atoms with Crippen LogP contribution < -0.4 is 19.6 Å². The Labute approximate surface area is 654 Å². The van der Waals surface area contributed by atoms with Crippen LogP contribution in [0.4, 0.5) is 41.5 Å². The number of anilines is 4. The number of sulfone groups is 2. The quantitative estimate of drug-likeness (QED) is 0.113. The van der Waals surface area contributed by atoms with Crippen LogP contribution in [0.15, 0.2) is 82.6 Å². The molecule has 11 saturated heterocycles. The number of nitrogens with zero attached hydrogens (tertiary/aromatic N) is 13. The number of fused-ring (bicyclic) bond motifs is 6. The smallest absolute Gasteiger partial charge is 0.410 e. The number of hydrogen-bond acceptors (Lipinski definition) is 21. The lowest BCUT2D eigenvalue weighted by Gasteiger charge is -2.46. The molecule has 29 heteroatoms. The van der Waals surface area contributed by atoms with Crippen molar-refractivity contribution in [2.24, 2.45) is 0 Å². The van der Waals surface area contributed by atoms with Crippen molar-refractivity contribution >= 4 is 83.9 Å². The fourth-order valence-corrected chi connectivity index (χ4v) is 21.7. The van der Waals surface area contributed by atoms with E-state index in [9.17, 15) is 46.1 Å². The van der Waals surface area contributed by atoms with Gasteiger partial charge in [0.2, 0.25) is 0 Å². The van der Waals surface area contributed by atoms with Gasteiger partial charge in [0, 0.05) is 196 Å². The second-order valence-corrected chi connectivity index (χ2v) is 35.7. The molecule has 24 nitrogen and oxygen atoms in total. The Hall–Kier alpha value is -6.92. The van der Waals surface area contributed by atoms with Crippen molar-refractivity contribution in [2.45, 2.75) is 188 Å². The van der Waals surface area contributed by atoms with Gasteiger partial charge in [-0.25, -0.2) is 35.6 Å². The minimum Gasteiger partial charge on any atom is -0.450 e. The highest BCUT2D eigenvalue weighted by molar-refractivity contribution is 7.91. The van der Waals surface area contributed by atoms with Crippen LogP contribution in [-0.4, -0.2) is 280 Å². The third-order valence-corrected chi connectivity index (χ3v) is 27.4. The Balaban J connectivity index is 0.000000136. The Morgan fingerprint density at radius 1 is 0.450 bits per heavy atom. The minimum atomic E-state index is -3.35. The number of carbonyl (C=O) groups is 3. The van der Waals surface area contributed by atoms with Gasteiger partial charge in [0.15, 0.2) is 19.7 Å². The molecule has 11 aliphatic rings. The molecule has 11 heterocycles. The fraction of sp³-hybridized carbons (Fsp3) is 0.637. The van der Waals surface area contributed by atoms with Gasteiger partial charge in [-0.3, -0.25) is 19.6 Å². The van der Waals surface area contributed by atoms with Crippen LogP contribution in [-0.2, 0) is 38.6 Å². The van der Waals surface area contributed by atoms with E-state index in [1.165, 1.54) is 18.6 Å². The third-order valence-electron chi connectivity index (χ3n) is 24.5. The minimum absolute atomic E-state index is 0.124. The van der Waals surface area contributed by atoms with Gasteiger partial charge in [0.25, 0.3) is 0 Å². The molecule has 15 rings (SSSR count). The zero-order valence-electron chi connectivity index (χ0n) is 64.2. The number of ether oxygens (including phenoxy) is 4. The molecule has 11 fully saturated rings. The summed E-state index contributed by atoms with van der Waals surface area (Å²) in [5, 5.41) is 19.7. The van der Waals surface area contributed by atoms with Crippen LogP contribution in [0.25, 0.3) is 0 Å². The predicted octanol–water partition coefficient (Wildman–Crippen LogP) is 11.2. The summed E-state index contributed by atoms with van der Waals surface area (Å²) in [7, 11) is -6.60. The summed E-state index contributed by atoms with van der Waals surface area (Å²) >= 11 is 12.4. The van der Waals surface area contributed by atoms with E-state index < -0.39 is 19.7 Å². The molecule has 6 unspecified atom stereocenters. The number of aryl methyl sites for hydroxylation is 1. The highest BCUT2D eigenvalue weighted by atomic mass is 35.5. The maximum atomic E-state index is 14.3. The van der Waals surface area contributed by atoms with Gasteiger partial charge in [0.05, 0.1) is 68.5 Å². The number of hydrogen-bond donors (Lipinski definition) is 0. The molecule has 594 valence electrons. The van der Waals surface area contributed by atoms with E-state index in [1.807, 2.05) is 70.7 Å². The third kappa shape index (κ3) is 19.2.